The highest BCUT2D eigenvalue weighted by Crippen LogP contribution is 2.63. The summed E-state index contributed by atoms with van der Waals surface area (Å²) in [6.45, 7) is 0. The Balaban J connectivity index is 1.71. The molecule has 0 radical (unpaired) electrons. The predicted octanol–water partition coefficient (Wildman–Crippen LogP) is 2.52. The lowest BCUT2D eigenvalue weighted by atomic mass is 9.74. The Bertz CT molecular complexity index is 831. The first-order valence-corrected chi connectivity index (χ1v) is 10.2. The molecule has 5 N–H and O–H groups in total. The summed E-state index contributed by atoms with van der Waals surface area (Å²) in [7, 11) is 0. The number of nitrogens with two attached hydrogens (primary N) is 1. The molecular formula is C20H24ClF3N2O3. The molecule has 0 heterocycles. The van der Waals surface area contributed by atoms with Gasteiger partial charge in [0.05, 0.1) is 29.2 Å². The fraction of sp³-hybridized carbons (Fsp3) is 0.650. The number of hydrogen-bond acceptors (Lipinski definition) is 4. The lowest BCUT2D eigenvalue weighted by Gasteiger charge is -2.37. The molecule has 9 heteroatoms. The number of hydrogen-bond donors (Lipinski definition) is 4. The number of amides is 1. The minimum absolute atomic E-state index is 0.0292. The van der Waals surface area contributed by atoms with Crippen LogP contribution in [0.4, 0.5) is 13.2 Å². The Labute approximate surface area is 171 Å². The van der Waals surface area contributed by atoms with Crippen molar-refractivity contribution in [1.82, 2.24) is 5.32 Å². The summed E-state index contributed by atoms with van der Waals surface area (Å²) in [6, 6.07) is 0.182. The number of alkyl halides is 1. The number of fused-ring (bicyclic) bond motifs is 2. The van der Waals surface area contributed by atoms with Crippen LogP contribution in [0.5, 0.6) is 0 Å². The molecule has 0 aliphatic heterocycles. The van der Waals surface area contributed by atoms with Gasteiger partial charge in [-0.25, -0.2) is 13.2 Å². The van der Waals surface area contributed by atoms with Crippen LogP contribution in [-0.2, 0) is 4.79 Å². The van der Waals surface area contributed by atoms with Gasteiger partial charge in [-0.05, 0) is 56.1 Å². The summed E-state index contributed by atoms with van der Waals surface area (Å²) >= 11 is 5.87. The van der Waals surface area contributed by atoms with Gasteiger partial charge in [-0.15, -0.1) is 0 Å². The van der Waals surface area contributed by atoms with Crippen molar-refractivity contribution < 1.29 is 28.2 Å². The second-order valence-electron chi connectivity index (χ2n) is 8.88. The van der Waals surface area contributed by atoms with Crippen LogP contribution in [0, 0.1) is 23.0 Å². The van der Waals surface area contributed by atoms with Gasteiger partial charge < -0.3 is 21.3 Å². The fourth-order valence-corrected chi connectivity index (χ4v) is 5.65. The van der Waals surface area contributed by atoms with E-state index in [2.05, 4.69) is 5.32 Å². The van der Waals surface area contributed by atoms with Crippen LogP contribution in [-0.4, -0.2) is 40.0 Å². The highest BCUT2D eigenvalue weighted by atomic mass is 35.5. The highest BCUT2D eigenvalue weighted by molar-refractivity contribution is 6.30. The third kappa shape index (κ3) is 3.34. The van der Waals surface area contributed by atoms with Crippen LogP contribution < -0.4 is 11.1 Å². The molecule has 29 heavy (non-hydrogen) atoms. The van der Waals surface area contributed by atoms with Crippen molar-refractivity contribution in [2.75, 3.05) is 0 Å². The summed E-state index contributed by atoms with van der Waals surface area (Å²) in [5.41, 5.74) is 3.09. The minimum Gasteiger partial charge on any atom is -0.390 e. The van der Waals surface area contributed by atoms with Gasteiger partial charge in [0.15, 0.2) is 0 Å². The smallest absolute Gasteiger partial charge is 0.226 e. The van der Waals surface area contributed by atoms with Crippen molar-refractivity contribution in [1.29, 1.82) is 0 Å². The maximum atomic E-state index is 14.9. The molecule has 0 saturated heterocycles. The van der Waals surface area contributed by atoms with Crippen LogP contribution >= 0.6 is 11.6 Å². The number of aliphatic hydroxyl groups excluding tert-OH is 2. The zero-order chi connectivity index (χ0) is 21.1. The molecule has 3 fully saturated rings. The van der Waals surface area contributed by atoms with Gasteiger partial charge in [0.1, 0.15) is 17.3 Å². The Kier molecular flexibility index (Phi) is 5.13. The molecule has 3 aliphatic rings. The maximum Gasteiger partial charge on any atom is 0.226 e. The molecule has 3 aliphatic carbocycles. The average molecular weight is 433 g/mol. The predicted molar refractivity (Wildman–Crippen MR) is 99.7 cm³/mol. The second-order valence-corrected chi connectivity index (χ2v) is 9.28. The van der Waals surface area contributed by atoms with Crippen molar-refractivity contribution in [2.45, 2.75) is 68.5 Å². The van der Waals surface area contributed by atoms with E-state index in [1.54, 1.807) is 0 Å². The molecule has 0 spiro atoms. The van der Waals surface area contributed by atoms with Gasteiger partial charge in [-0.2, -0.15) is 0 Å². The molecule has 4 unspecified atom stereocenters. The summed E-state index contributed by atoms with van der Waals surface area (Å²) in [4.78, 5) is 12.9. The lowest BCUT2D eigenvalue weighted by molar-refractivity contribution is -0.130. The molecule has 5 nitrogen and oxygen atoms in total. The molecule has 160 valence electrons. The normalized spacial score (nSPS) is 39.7. The maximum absolute atomic E-state index is 14.9. The third-order valence-electron chi connectivity index (χ3n) is 7.14. The summed E-state index contributed by atoms with van der Waals surface area (Å²) in [6.07, 6.45) is -1.27. The molecule has 1 aromatic carbocycles. The molecule has 1 aromatic rings. The van der Waals surface area contributed by atoms with Crippen molar-refractivity contribution in [3.63, 3.8) is 0 Å². The van der Waals surface area contributed by atoms with E-state index in [1.807, 2.05) is 0 Å². The van der Waals surface area contributed by atoms with Crippen LogP contribution in [0.1, 0.15) is 50.1 Å². The van der Waals surface area contributed by atoms with E-state index >= 15 is 0 Å². The van der Waals surface area contributed by atoms with Gasteiger partial charge in [-0.1, -0.05) is 11.6 Å². The number of carbonyl (C=O) groups is 1. The first-order valence-electron chi connectivity index (χ1n) is 9.81. The SMILES string of the molecule is NC1CC(C(=O)N[C@H](c2c(F)ccc(Cl)c2F)C23CCC(F)(CC2)C3)C(O)C1O. The molecular weight excluding hydrogens is 409 g/mol. The van der Waals surface area contributed by atoms with Crippen molar-refractivity contribution >= 4 is 17.5 Å². The summed E-state index contributed by atoms with van der Waals surface area (Å²) < 4.78 is 44.5. The lowest BCUT2D eigenvalue weighted by Crippen LogP contribution is -2.45. The highest BCUT2D eigenvalue weighted by Gasteiger charge is 2.60. The molecule has 2 bridgehead atoms. The van der Waals surface area contributed by atoms with E-state index < -0.39 is 64.4 Å². The zero-order valence-corrected chi connectivity index (χ0v) is 16.4. The Morgan fingerprint density at radius 3 is 2.38 bits per heavy atom. The zero-order valence-electron chi connectivity index (χ0n) is 15.7. The van der Waals surface area contributed by atoms with Crippen LogP contribution in [0.2, 0.25) is 5.02 Å². The Morgan fingerprint density at radius 2 is 1.86 bits per heavy atom. The molecule has 5 atom stereocenters. The second kappa shape index (κ2) is 7.11. The van der Waals surface area contributed by atoms with Crippen LogP contribution in [0.3, 0.4) is 0 Å². The number of halogens is 4. The number of rotatable bonds is 4. The van der Waals surface area contributed by atoms with Crippen LogP contribution in [0.25, 0.3) is 0 Å². The van der Waals surface area contributed by atoms with E-state index in [-0.39, 0.29) is 30.7 Å². The van der Waals surface area contributed by atoms with Crippen molar-refractivity contribution in [2.24, 2.45) is 17.1 Å². The van der Waals surface area contributed by atoms with E-state index in [0.29, 0.717) is 12.8 Å². The standard InChI is InChI=1S/C20H24ClF3N2O3/c21-10-1-2-11(22)13(14(10)23)17(19-3-5-20(24,8-19)6-4-19)26-18(29)9-7-12(25)16(28)15(9)27/h1-2,9,12,15-17,27-28H,3-8,25H2,(H,26,29)/t9?,12?,15?,16?,17-,19?,20?/m1/s1. The Hall–Kier alpha value is -1.35. The third-order valence-corrected chi connectivity index (χ3v) is 7.43. The van der Waals surface area contributed by atoms with E-state index in [0.717, 1.165) is 12.1 Å². The number of aliphatic hydroxyl groups is 2. The average Bonchev–Trinajstić information content (AvgIpc) is 3.29. The van der Waals surface area contributed by atoms with Gasteiger partial charge in [0, 0.05) is 11.6 Å². The molecule has 0 aromatic heterocycles. The molecule has 3 saturated carbocycles. The largest absolute Gasteiger partial charge is 0.390 e. The Morgan fingerprint density at radius 1 is 1.21 bits per heavy atom. The van der Waals surface area contributed by atoms with Crippen molar-refractivity contribution in [3.05, 3.63) is 34.4 Å². The molecule has 4 rings (SSSR count). The van der Waals surface area contributed by atoms with E-state index in [4.69, 9.17) is 17.3 Å². The number of benzene rings is 1. The van der Waals surface area contributed by atoms with Gasteiger partial charge in [0.2, 0.25) is 5.91 Å². The number of nitrogens with one attached hydrogen (secondary N) is 1. The quantitative estimate of drug-likeness (QED) is 0.550. The first kappa shape index (κ1) is 20.9. The van der Waals surface area contributed by atoms with Gasteiger partial charge >= 0.3 is 0 Å². The van der Waals surface area contributed by atoms with E-state index in [9.17, 15) is 28.2 Å². The minimum atomic E-state index is -1.40. The fourth-order valence-electron chi connectivity index (χ4n) is 5.48. The topological polar surface area (TPSA) is 95.6 Å². The van der Waals surface area contributed by atoms with Gasteiger partial charge in [-0.3, -0.25) is 4.79 Å². The van der Waals surface area contributed by atoms with E-state index in [1.165, 1.54) is 0 Å². The number of carbonyl (C=O) groups excluding carboxylic acids is 1. The molecule has 1 amide bonds. The summed E-state index contributed by atoms with van der Waals surface area (Å²) in [5.74, 6) is -3.56. The van der Waals surface area contributed by atoms with Crippen LogP contribution in [0.15, 0.2) is 12.1 Å². The van der Waals surface area contributed by atoms with Crippen molar-refractivity contribution in [3.8, 4) is 0 Å². The van der Waals surface area contributed by atoms with Gasteiger partial charge in [0.25, 0.3) is 0 Å². The monoisotopic (exact) mass is 432 g/mol. The summed E-state index contributed by atoms with van der Waals surface area (Å²) in [5, 5.41) is 22.4. The first-order chi connectivity index (χ1) is 13.6.